The third kappa shape index (κ3) is 3.02. The molecule has 0 aliphatic rings. The van der Waals surface area contributed by atoms with Crippen molar-refractivity contribution in [3.63, 3.8) is 0 Å². The number of rotatable bonds is 2. The predicted molar refractivity (Wildman–Crippen MR) is 87.5 cm³/mol. The molecule has 2 rings (SSSR count). The molecule has 1 aromatic carbocycles. The Morgan fingerprint density at radius 3 is 2.41 bits per heavy atom. The van der Waals surface area contributed by atoms with Crippen LogP contribution in [-0.2, 0) is 14.8 Å². The van der Waals surface area contributed by atoms with Crippen molar-refractivity contribution in [3.05, 3.63) is 35.5 Å². The quantitative estimate of drug-likeness (QED) is 0.592. The maximum absolute atomic E-state index is 12.6. The second-order valence-corrected chi connectivity index (χ2v) is 6.35. The molecule has 0 aliphatic heterocycles. The number of aromatic nitrogens is 1. The second-order valence-electron chi connectivity index (χ2n) is 5.79. The number of benzene rings is 1. The van der Waals surface area contributed by atoms with Crippen LogP contribution < -0.4 is 0 Å². The number of alkyl halides is 1. The molecular formula is C16H18BrNO4. The fourth-order valence-corrected chi connectivity index (χ4v) is 2.82. The maximum Gasteiger partial charge on any atom is 0.419 e. The van der Waals surface area contributed by atoms with E-state index < -0.39 is 17.7 Å². The van der Waals surface area contributed by atoms with E-state index in [4.69, 9.17) is 9.47 Å². The summed E-state index contributed by atoms with van der Waals surface area (Å²) in [4.78, 5) is 24.7. The van der Waals surface area contributed by atoms with E-state index in [2.05, 4.69) is 15.9 Å². The summed E-state index contributed by atoms with van der Waals surface area (Å²) in [7, 11) is 1.29. The van der Waals surface area contributed by atoms with Crippen molar-refractivity contribution in [2.45, 2.75) is 31.7 Å². The molecular weight excluding hydrogens is 350 g/mol. The molecule has 0 atom stereocenters. The van der Waals surface area contributed by atoms with E-state index in [9.17, 15) is 9.59 Å². The van der Waals surface area contributed by atoms with E-state index >= 15 is 0 Å². The highest BCUT2D eigenvalue weighted by atomic mass is 79.9. The van der Waals surface area contributed by atoms with Crippen molar-refractivity contribution < 1.29 is 19.1 Å². The van der Waals surface area contributed by atoms with Crippen LogP contribution in [0, 0.1) is 0 Å². The monoisotopic (exact) mass is 367 g/mol. The second kappa shape index (κ2) is 6.12. The highest BCUT2D eigenvalue weighted by molar-refractivity contribution is 9.08. The molecule has 0 unspecified atom stereocenters. The van der Waals surface area contributed by atoms with Gasteiger partial charge in [0.05, 0.1) is 12.6 Å². The minimum Gasteiger partial charge on any atom is -0.464 e. The Morgan fingerprint density at radius 2 is 1.86 bits per heavy atom. The first kappa shape index (κ1) is 16.5. The lowest BCUT2D eigenvalue weighted by Gasteiger charge is -2.20. The van der Waals surface area contributed by atoms with Gasteiger partial charge >= 0.3 is 12.1 Å². The molecule has 0 fully saturated rings. The summed E-state index contributed by atoms with van der Waals surface area (Å²) >= 11 is 3.38. The molecule has 2 aromatic rings. The van der Waals surface area contributed by atoms with Crippen molar-refractivity contribution in [2.24, 2.45) is 0 Å². The zero-order valence-electron chi connectivity index (χ0n) is 13.0. The van der Waals surface area contributed by atoms with Gasteiger partial charge in [-0.3, -0.25) is 0 Å². The normalized spacial score (nSPS) is 11.5. The number of carbonyl (C=O) groups excluding carboxylic acids is 2. The highest BCUT2D eigenvalue weighted by Crippen LogP contribution is 2.29. The van der Waals surface area contributed by atoms with Gasteiger partial charge in [-0.25, -0.2) is 14.2 Å². The number of ether oxygens (including phenoxy) is 2. The van der Waals surface area contributed by atoms with Crippen molar-refractivity contribution in [2.75, 3.05) is 7.11 Å². The number of nitrogens with zero attached hydrogens (tertiary/aromatic N) is 1. The Bertz CT molecular complexity index is 728. The number of carbonyl (C=O) groups is 2. The molecule has 0 amide bonds. The number of fused-ring (bicyclic) bond motifs is 1. The van der Waals surface area contributed by atoms with E-state index in [0.717, 1.165) is 5.39 Å². The van der Waals surface area contributed by atoms with Crippen LogP contribution in [0.5, 0.6) is 0 Å². The summed E-state index contributed by atoms with van der Waals surface area (Å²) in [6, 6.07) is 7.30. The van der Waals surface area contributed by atoms with Gasteiger partial charge in [0, 0.05) is 16.3 Å². The number of para-hydroxylation sites is 1. The fraction of sp³-hybridized carbons (Fsp3) is 0.375. The summed E-state index contributed by atoms with van der Waals surface area (Å²) in [5.41, 5.74) is 0.847. The SMILES string of the molecule is COC(=O)c1c(CBr)c2ccccc2n1C(=O)OC(C)(C)C. The number of hydrogen-bond donors (Lipinski definition) is 0. The molecule has 0 saturated heterocycles. The number of methoxy groups -OCH3 is 1. The maximum atomic E-state index is 12.6. The van der Waals surface area contributed by atoms with Crippen molar-refractivity contribution in [1.82, 2.24) is 4.57 Å². The zero-order valence-corrected chi connectivity index (χ0v) is 14.6. The minimum absolute atomic E-state index is 0.190. The van der Waals surface area contributed by atoms with Gasteiger partial charge in [0.2, 0.25) is 0 Å². The molecule has 0 N–H and O–H groups in total. The van der Waals surface area contributed by atoms with Crippen LogP contribution in [0.4, 0.5) is 4.79 Å². The van der Waals surface area contributed by atoms with Gasteiger partial charge in [-0.1, -0.05) is 34.1 Å². The van der Waals surface area contributed by atoms with Crippen LogP contribution >= 0.6 is 15.9 Å². The first-order valence-corrected chi connectivity index (χ1v) is 7.92. The Kier molecular flexibility index (Phi) is 4.60. The van der Waals surface area contributed by atoms with E-state index in [1.165, 1.54) is 11.7 Å². The summed E-state index contributed by atoms with van der Waals surface area (Å²) in [5, 5.41) is 1.24. The number of hydrogen-bond acceptors (Lipinski definition) is 4. The molecule has 1 heterocycles. The van der Waals surface area contributed by atoms with Gasteiger partial charge in [-0.2, -0.15) is 0 Å². The molecule has 6 heteroatoms. The fourth-order valence-electron chi connectivity index (χ4n) is 2.25. The van der Waals surface area contributed by atoms with E-state index in [1.54, 1.807) is 26.8 Å². The van der Waals surface area contributed by atoms with Gasteiger partial charge in [-0.15, -0.1) is 0 Å². The molecule has 0 aliphatic carbocycles. The van der Waals surface area contributed by atoms with E-state index in [-0.39, 0.29) is 5.69 Å². The summed E-state index contributed by atoms with van der Waals surface area (Å²) in [6.07, 6.45) is -0.601. The smallest absolute Gasteiger partial charge is 0.419 e. The van der Waals surface area contributed by atoms with Gasteiger partial charge in [0.15, 0.2) is 0 Å². The lowest BCUT2D eigenvalue weighted by molar-refractivity contribution is 0.0489. The van der Waals surface area contributed by atoms with Crippen molar-refractivity contribution in [3.8, 4) is 0 Å². The molecule has 0 saturated carbocycles. The number of esters is 1. The third-order valence-electron chi connectivity index (χ3n) is 3.07. The topological polar surface area (TPSA) is 57.5 Å². The minimum atomic E-state index is -0.662. The van der Waals surface area contributed by atoms with Gasteiger partial charge < -0.3 is 9.47 Å². The predicted octanol–water partition coefficient (Wildman–Crippen LogP) is 4.11. The van der Waals surface area contributed by atoms with Gasteiger partial charge in [0.25, 0.3) is 0 Å². The van der Waals surface area contributed by atoms with E-state index in [1.807, 2.05) is 18.2 Å². The Balaban J connectivity index is 2.75. The largest absolute Gasteiger partial charge is 0.464 e. The van der Waals surface area contributed by atoms with Crippen LogP contribution in [-0.4, -0.2) is 29.3 Å². The van der Waals surface area contributed by atoms with Crippen LogP contribution in [0.25, 0.3) is 10.9 Å². The van der Waals surface area contributed by atoms with E-state index in [0.29, 0.717) is 16.4 Å². The molecule has 118 valence electrons. The average Bonchev–Trinajstić information content (AvgIpc) is 2.78. The lowest BCUT2D eigenvalue weighted by atomic mass is 10.1. The lowest BCUT2D eigenvalue weighted by Crippen LogP contribution is -2.29. The highest BCUT2D eigenvalue weighted by Gasteiger charge is 2.29. The van der Waals surface area contributed by atoms with Crippen molar-refractivity contribution >= 4 is 38.9 Å². The van der Waals surface area contributed by atoms with Crippen molar-refractivity contribution in [1.29, 1.82) is 0 Å². The number of halogens is 1. The third-order valence-corrected chi connectivity index (χ3v) is 3.63. The first-order valence-electron chi connectivity index (χ1n) is 6.80. The molecule has 22 heavy (non-hydrogen) atoms. The molecule has 0 spiro atoms. The summed E-state index contributed by atoms with van der Waals surface area (Å²) in [5.74, 6) is -0.573. The molecule has 0 radical (unpaired) electrons. The Hall–Kier alpha value is -1.82. The van der Waals surface area contributed by atoms with Crippen LogP contribution in [0.3, 0.4) is 0 Å². The zero-order chi connectivity index (χ0) is 16.5. The van der Waals surface area contributed by atoms with Crippen LogP contribution in [0.1, 0.15) is 36.8 Å². The van der Waals surface area contributed by atoms with Crippen LogP contribution in [0.15, 0.2) is 24.3 Å². The molecule has 1 aromatic heterocycles. The van der Waals surface area contributed by atoms with Gasteiger partial charge in [0.1, 0.15) is 11.3 Å². The summed E-state index contributed by atoms with van der Waals surface area (Å²) < 4.78 is 11.5. The average molecular weight is 368 g/mol. The van der Waals surface area contributed by atoms with Crippen LogP contribution in [0.2, 0.25) is 0 Å². The molecule has 5 nitrogen and oxygen atoms in total. The Morgan fingerprint density at radius 1 is 1.23 bits per heavy atom. The standard InChI is InChI=1S/C16H18BrNO4/c1-16(2,3)22-15(20)18-12-8-6-5-7-10(12)11(9-17)13(18)14(19)21-4/h5-8H,9H2,1-4H3. The summed E-state index contributed by atoms with van der Waals surface area (Å²) in [6.45, 7) is 5.33. The van der Waals surface area contributed by atoms with Gasteiger partial charge in [-0.05, 0) is 26.8 Å². The molecule has 0 bridgehead atoms. The first-order chi connectivity index (χ1) is 10.3. The Labute approximate surface area is 137 Å².